The minimum Gasteiger partial charge on any atom is -0.316 e. The maximum Gasteiger partial charge on any atom is 0.343 e. The fourth-order valence-electron chi connectivity index (χ4n) is 2.82. The summed E-state index contributed by atoms with van der Waals surface area (Å²) in [5.41, 5.74) is -0.0704. The number of hydrogen-bond donors (Lipinski definition) is 2. The zero-order chi connectivity index (χ0) is 11.7. The summed E-state index contributed by atoms with van der Waals surface area (Å²) in [6, 6.07) is 0. The van der Waals surface area contributed by atoms with Gasteiger partial charge in [0.25, 0.3) is 0 Å². The highest BCUT2D eigenvalue weighted by Gasteiger charge is 2.22. The molecule has 1 unspecified atom stereocenters. The molecule has 3 rings (SSSR count). The second-order valence-electron chi connectivity index (χ2n) is 5.04. The van der Waals surface area contributed by atoms with Crippen LogP contribution in [-0.4, -0.2) is 45.8 Å². The molecule has 1 atom stereocenters. The molecule has 1 aromatic rings. The molecule has 0 spiro atoms. The van der Waals surface area contributed by atoms with Crippen LogP contribution in [0.25, 0.3) is 0 Å². The highest BCUT2D eigenvalue weighted by atomic mass is 35.5. The van der Waals surface area contributed by atoms with Gasteiger partial charge in [0.15, 0.2) is 0 Å². The van der Waals surface area contributed by atoms with Crippen molar-refractivity contribution in [1.29, 1.82) is 0 Å². The molecule has 0 bridgehead atoms. The van der Waals surface area contributed by atoms with Gasteiger partial charge in [-0.1, -0.05) is 0 Å². The van der Waals surface area contributed by atoms with Crippen LogP contribution >= 0.6 is 12.4 Å². The Bertz CT molecular complexity index is 437. The second-order valence-corrected chi connectivity index (χ2v) is 5.04. The summed E-state index contributed by atoms with van der Waals surface area (Å²) in [6.45, 7) is 5.94. The molecule has 1 fully saturated rings. The van der Waals surface area contributed by atoms with E-state index < -0.39 is 0 Å². The second kappa shape index (κ2) is 5.86. The largest absolute Gasteiger partial charge is 0.343 e. The summed E-state index contributed by atoms with van der Waals surface area (Å²) >= 11 is 0. The first-order valence-corrected chi connectivity index (χ1v) is 6.40. The summed E-state index contributed by atoms with van der Waals surface area (Å²) in [7, 11) is 0. The number of H-pyrrole nitrogens is 1. The Kier molecular flexibility index (Phi) is 4.42. The Morgan fingerprint density at radius 1 is 1.39 bits per heavy atom. The molecular formula is C11H20ClN5O. The third kappa shape index (κ3) is 2.76. The number of rotatable bonds is 2. The van der Waals surface area contributed by atoms with Crippen LogP contribution in [-0.2, 0) is 13.1 Å². The Labute approximate surface area is 112 Å². The van der Waals surface area contributed by atoms with Crippen molar-refractivity contribution >= 4 is 12.4 Å². The lowest BCUT2D eigenvalue weighted by Crippen LogP contribution is -2.42. The number of nitrogens with one attached hydrogen (secondary N) is 2. The van der Waals surface area contributed by atoms with Gasteiger partial charge in [-0.25, -0.2) is 9.89 Å². The van der Waals surface area contributed by atoms with Crippen LogP contribution in [0.15, 0.2) is 4.79 Å². The minimum atomic E-state index is -0.0704. The van der Waals surface area contributed by atoms with Crippen molar-refractivity contribution in [2.45, 2.75) is 25.9 Å². The third-order valence-electron chi connectivity index (χ3n) is 3.76. The summed E-state index contributed by atoms with van der Waals surface area (Å²) in [6.07, 6.45) is 2.60. The summed E-state index contributed by atoms with van der Waals surface area (Å²) < 4.78 is 1.75. The molecule has 1 aromatic heterocycles. The lowest BCUT2D eigenvalue weighted by Gasteiger charge is -2.32. The van der Waals surface area contributed by atoms with E-state index >= 15 is 0 Å². The van der Waals surface area contributed by atoms with Crippen molar-refractivity contribution in [2.75, 3.05) is 26.2 Å². The topological polar surface area (TPSA) is 66.0 Å². The van der Waals surface area contributed by atoms with Crippen LogP contribution in [0.1, 0.15) is 18.7 Å². The van der Waals surface area contributed by atoms with E-state index in [-0.39, 0.29) is 18.1 Å². The first kappa shape index (κ1) is 13.6. The normalized spacial score (nSPS) is 24.3. The van der Waals surface area contributed by atoms with Crippen LogP contribution in [0.2, 0.25) is 0 Å². The van der Waals surface area contributed by atoms with Crippen LogP contribution in [0.3, 0.4) is 0 Å². The van der Waals surface area contributed by atoms with Crippen molar-refractivity contribution < 1.29 is 0 Å². The van der Waals surface area contributed by atoms with E-state index in [4.69, 9.17) is 0 Å². The quantitative estimate of drug-likeness (QED) is 0.784. The fraction of sp³-hybridized carbons (Fsp3) is 0.818. The van der Waals surface area contributed by atoms with E-state index in [2.05, 4.69) is 20.4 Å². The number of aromatic amines is 1. The first-order valence-electron chi connectivity index (χ1n) is 6.40. The van der Waals surface area contributed by atoms with Gasteiger partial charge in [-0.05, 0) is 31.8 Å². The van der Waals surface area contributed by atoms with E-state index in [0.717, 1.165) is 51.0 Å². The lowest BCUT2D eigenvalue weighted by atomic mass is 9.99. The molecule has 0 radical (unpaired) electrons. The fourth-order valence-corrected chi connectivity index (χ4v) is 2.82. The Balaban J connectivity index is 0.00000120. The van der Waals surface area contributed by atoms with Gasteiger partial charge >= 0.3 is 5.69 Å². The standard InChI is InChI=1S/C11H19N5O.ClH/c17-11-14-13-10-8-15(4-5-16(10)11)7-9-2-1-3-12-6-9;/h9,12H,1-8H2,(H,14,17);1H. The third-order valence-corrected chi connectivity index (χ3v) is 3.76. The van der Waals surface area contributed by atoms with Crippen molar-refractivity contribution in [3.05, 3.63) is 16.3 Å². The summed E-state index contributed by atoms with van der Waals surface area (Å²) in [5, 5.41) is 10.0. The Morgan fingerprint density at radius 2 is 2.28 bits per heavy atom. The number of aromatic nitrogens is 3. The predicted molar refractivity (Wildman–Crippen MR) is 71.0 cm³/mol. The molecular weight excluding hydrogens is 254 g/mol. The monoisotopic (exact) mass is 273 g/mol. The zero-order valence-electron chi connectivity index (χ0n) is 10.4. The van der Waals surface area contributed by atoms with Crippen LogP contribution in [0, 0.1) is 5.92 Å². The van der Waals surface area contributed by atoms with Gasteiger partial charge in [0.1, 0.15) is 5.82 Å². The van der Waals surface area contributed by atoms with Crippen LogP contribution < -0.4 is 11.0 Å². The van der Waals surface area contributed by atoms with Gasteiger partial charge in [0, 0.05) is 19.6 Å². The highest BCUT2D eigenvalue weighted by molar-refractivity contribution is 5.85. The van der Waals surface area contributed by atoms with E-state index in [1.807, 2.05) is 0 Å². The Hall–Kier alpha value is -0.850. The zero-order valence-corrected chi connectivity index (χ0v) is 11.2. The van der Waals surface area contributed by atoms with Crippen molar-refractivity contribution in [1.82, 2.24) is 25.0 Å². The molecule has 6 nitrogen and oxygen atoms in total. The summed E-state index contributed by atoms with van der Waals surface area (Å²) in [5.74, 6) is 1.63. The molecule has 1 saturated heterocycles. The lowest BCUT2D eigenvalue weighted by molar-refractivity contribution is 0.169. The van der Waals surface area contributed by atoms with Crippen molar-refractivity contribution in [3.63, 3.8) is 0 Å². The van der Waals surface area contributed by atoms with Gasteiger partial charge in [-0.2, -0.15) is 5.10 Å². The molecule has 2 N–H and O–H groups in total. The minimum absolute atomic E-state index is 0. The first-order chi connectivity index (χ1) is 8.33. The Morgan fingerprint density at radius 3 is 3.06 bits per heavy atom. The molecule has 2 aliphatic rings. The summed E-state index contributed by atoms with van der Waals surface area (Å²) in [4.78, 5) is 13.8. The smallest absolute Gasteiger partial charge is 0.316 e. The molecule has 2 aliphatic heterocycles. The maximum atomic E-state index is 11.4. The van der Waals surface area contributed by atoms with E-state index in [1.54, 1.807) is 4.57 Å². The van der Waals surface area contributed by atoms with E-state index in [9.17, 15) is 4.79 Å². The van der Waals surface area contributed by atoms with E-state index in [1.165, 1.54) is 12.8 Å². The average Bonchev–Trinajstić information content (AvgIpc) is 2.72. The molecule has 0 saturated carbocycles. The number of halogens is 1. The van der Waals surface area contributed by atoms with Crippen molar-refractivity contribution in [2.24, 2.45) is 5.92 Å². The predicted octanol–water partition coefficient (Wildman–Crippen LogP) is -0.192. The van der Waals surface area contributed by atoms with Gasteiger partial charge in [-0.3, -0.25) is 9.47 Å². The average molecular weight is 274 g/mol. The van der Waals surface area contributed by atoms with Gasteiger partial charge in [0.2, 0.25) is 0 Å². The number of fused-ring (bicyclic) bond motifs is 1. The SMILES string of the molecule is Cl.O=c1[nH]nc2n1CCN(CC1CCCNC1)C2. The molecule has 102 valence electrons. The highest BCUT2D eigenvalue weighted by Crippen LogP contribution is 2.15. The number of nitrogens with zero attached hydrogens (tertiary/aromatic N) is 3. The molecule has 0 aromatic carbocycles. The molecule has 0 amide bonds. The molecule has 18 heavy (non-hydrogen) atoms. The number of hydrogen-bond acceptors (Lipinski definition) is 4. The maximum absolute atomic E-state index is 11.4. The molecule has 3 heterocycles. The van der Waals surface area contributed by atoms with E-state index in [0.29, 0.717) is 0 Å². The van der Waals surface area contributed by atoms with Gasteiger partial charge in [-0.15, -0.1) is 12.4 Å². The van der Waals surface area contributed by atoms with Gasteiger partial charge < -0.3 is 5.32 Å². The molecule has 0 aliphatic carbocycles. The molecule has 7 heteroatoms. The van der Waals surface area contributed by atoms with Crippen LogP contribution in [0.5, 0.6) is 0 Å². The number of piperidine rings is 1. The van der Waals surface area contributed by atoms with Crippen molar-refractivity contribution in [3.8, 4) is 0 Å². The van der Waals surface area contributed by atoms with Crippen LogP contribution in [0.4, 0.5) is 0 Å². The van der Waals surface area contributed by atoms with Gasteiger partial charge in [0.05, 0.1) is 6.54 Å².